The highest BCUT2D eigenvalue weighted by molar-refractivity contribution is 6.21. The molecule has 2 aromatic rings. The zero-order chi connectivity index (χ0) is 14.1. The van der Waals surface area contributed by atoms with Crippen LogP contribution >= 0.6 is 0 Å². The number of likely N-dealkylation sites (N-methyl/N-ethyl adjacent to an activating group) is 1. The molecule has 0 aromatic heterocycles. The van der Waals surface area contributed by atoms with Crippen LogP contribution in [0.4, 0.5) is 5.69 Å². The van der Waals surface area contributed by atoms with Crippen molar-refractivity contribution in [3.63, 3.8) is 0 Å². The number of rotatable bonds is 2. The molecule has 2 aromatic carbocycles. The molecule has 1 aliphatic heterocycles. The first kappa shape index (κ1) is 12.5. The Morgan fingerprint density at radius 1 is 1.05 bits per heavy atom. The monoisotopic (exact) mass is 265 g/mol. The van der Waals surface area contributed by atoms with Gasteiger partial charge in [0.15, 0.2) is 0 Å². The number of ketones is 1. The highest BCUT2D eigenvalue weighted by Crippen LogP contribution is 2.33. The molecule has 0 bridgehead atoms. The quantitative estimate of drug-likeness (QED) is 0.780. The fraction of sp³-hybridized carbons (Fsp3) is 0.118. The number of anilines is 1. The van der Waals surface area contributed by atoms with Crippen LogP contribution in [-0.4, -0.2) is 19.9 Å². The fourth-order valence-electron chi connectivity index (χ4n) is 2.40. The summed E-state index contributed by atoms with van der Waals surface area (Å²) in [6, 6.07) is 15.3. The van der Waals surface area contributed by atoms with E-state index in [2.05, 4.69) is 0 Å². The summed E-state index contributed by atoms with van der Waals surface area (Å²) in [5.74, 6) is 0.875. The van der Waals surface area contributed by atoms with Gasteiger partial charge in [-0.15, -0.1) is 0 Å². The first-order chi connectivity index (χ1) is 9.70. The van der Waals surface area contributed by atoms with E-state index in [0.29, 0.717) is 5.70 Å². The number of benzene rings is 2. The first-order valence-electron chi connectivity index (χ1n) is 6.44. The van der Waals surface area contributed by atoms with E-state index in [0.717, 1.165) is 22.6 Å². The SMILES string of the molecule is COc1ccc(/C=C2/C(=O)c3ccccc3N2C)cc1. The molecular formula is C17H15NO2. The minimum Gasteiger partial charge on any atom is -0.497 e. The van der Waals surface area contributed by atoms with Gasteiger partial charge >= 0.3 is 0 Å². The molecule has 0 radical (unpaired) electrons. The molecule has 0 atom stereocenters. The number of hydrogen-bond acceptors (Lipinski definition) is 3. The van der Waals surface area contributed by atoms with E-state index >= 15 is 0 Å². The predicted molar refractivity (Wildman–Crippen MR) is 80.1 cm³/mol. The van der Waals surface area contributed by atoms with Gasteiger partial charge in [0.05, 0.1) is 18.5 Å². The van der Waals surface area contributed by atoms with E-state index in [4.69, 9.17) is 4.74 Å². The Morgan fingerprint density at radius 3 is 2.40 bits per heavy atom. The summed E-state index contributed by atoms with van der Waals surface area (Å²) in [5, 5.41) is 0. The molecule has 0 N–H and O–H groups in total. The van der Waals surface area contributed by atoms with Gasteiger partial charge in [0.25, 0.3) is 0 Å². The summed E-state index contributed by atoms with van der Waals surface area (Å²) >= 11 is 0. The molecule has 0 fully saturated rings. The Hall–Kier alpha value is -2.55. The van der Waals surface area contributed by atoms with Crippen LogP contribution in [0.2, 0.25) is 0 Å². The zero-order valence-corrected chi connectivity index (χ0v) is 11.5. The molecule has 1 heterocycles. The molecular weight excluding hydrogens is 250 g/mol. The number of allylic oxidation sites excluding steroid dienone is 1. The summed E-state index contributed by atoms with van der Waals surface area (Å²) in [5.41, 5.74) is 3.39. The van der Waals surface area contributed by atoms with Crippen molar-refractivity contribution in [2.45, 2.75) is 0 Å². The molecule has 0 spiro atoms. The number of para-hydroxylation sites is 1. The van der Waals surface area contributed by atoms with Crippen LogP contribution in [0.15, 0.2) is 54.2 Å². The lowest BCUT2D eigenvalue weighted by molar-refractivity contribution is 0.104. The highest BCUT2D eigenvalue weighted by atomic mass is 16.5. The zero-order valence-electron chi connectivity index (χ0n) is 11.5. The second-order valence-electron chi connectivity index (χ2n) is 4.71. The van der Waals surface area contributed by atoms with Gasteiger partial charge in [-0.1, -0.05) is 24.3 Å². The third-order valence-corrected chi connectivity index (χ3v) is 3.52. The summed E-state index contributed by atoms with van der Waals surface area (Å²) in [4.78, 5) is 14.3. The van der Waals surface area contributed by atoms with E-state index in [1.54, 1.807) is 7.11 Å². The molecule has 0 amide bonds. The van der Waals surface area contributed by atoms with Gasteiger partial charge in [0.2, 0.25) is 5.78 Å². The Balaban J connectivity index is 1.99. The standard InChI is InChI=1S/C17H15NO2/c1-18-15-6-4-3-5-14(15)17(19)16(18)11-12-7-9-13(20-2)10-8-12/h3-11H,1-2H3/b16-11-. The molecule has 0 aliphatic carbocycles. The molecule has 3 rings (SSSR count). The van der Waals surface area contributed by atoms with E-state index in [1.807, 2.05) is 66.6 Å². The van der Waals surface area contributed by atoms with Gasteiger partial charge in [-0.05, 0) is 35.9 Å². The maximum Gasteiger partial charge on any atom is 0.211 e. The smallest absolute Gasteiger partial charge is 0.211 e. The van der Waals surface area contributed by atoms with Crippen molar-refractivity contribution in [3.05, 3.63) is 65.4 Å². The van der Waals surface area contributed by atoms with Gasteiger partial charge in [-0.3, -0.25) is 4.79 Å². The second-order valence-corrected chi connectivity index (χ2v) is 4.71. The third kappa shape index (κ3) is 1.97. The van der Waals surface area contributed by atoms with Crippen molar-refractivity contribution < 1.29 is 9.53 Å². The Labute approximate surface area is 118 Å². The van der Waals surface area contributed by atoms with Crippen molar-refractivity contribution in [2.75, 3.05) is 19.1 Å². The fourth-order valence-corrected chi connectivity index (χ4v) is 2.40. The van der Waals surface area contributed by atoms with Crippen LogP contribution in [-0.2, 0) is 0 Å². The summed E-state index contributed by atoms with van der Waals surface area (Å²) in [6.07, 6.45) is 1.90. The van der Waals surface area contributed by atoms with E-state index < -0.39 is 0 Å². The van der Waals surface area contributed by atoms with Crippen molar-refractivity contribution in [3.8, 4) is 5.75 Å². The number of Topliss-reactive ketones (excluding diaryl/α,β-unsaturated/α-hetero) is 1. The average molecular weight is 265 g/mol. The first-order valence-corrected chi connectivity index (χ1v) is 6.44. The van der Waals surface area contributed by atoms with E-state index in [-0.39, 0.29) is 5.78 Å². The topological polar surface area (TPSA) is 29.5 Å². The Kier molecular flexibility index (Phi) is 3.03. The number of nitrogens with zero attached hydrogens (tertiary/aromatic N) is 1. The van der Waals surface area contributed by atoms with Crippen molar-refractivity contribution in [1.82, 2.24) is 0 Å². The molecule has 3 nitrogen and oxygen atoms in total. The van der Waals surface area contributed by atoms with Crippen LogP contribution in [0.3, 0.4) is 0 Å². The van der Waals surface area contributed by atoms with Crippen LogP contribution in [0.1, 0.15) is 15.9 Å². The average Bonchev–Trinajstić information content (AvgIpc) is 2.74. The van der Waals surface area contributed by atoms with Gasteiger partial charge in [-0.2, -0.15) is 0 Å². The largest absolute Gasteiger partial charge is 0.497 e. The van der Waals surface area contributed by atoms with Crippen molar-refractivity contribution in [1.29, 1.82) is 0 Å². The van der Waals surface area contributed by atoms with E-state index in [9.17, 15) is 4.79 Å². The Bertz CT molecular complexity index is 686. The van der Waals surface area contributed by atoms with Gasteiger partial charge in [-0.25, -0.2) is 0 Å². The molecule has 0 saturated carbocycles. The summed E-state index contributed by atoms with van der Waals surface area (Å²) < 4.78 is 5.13. The molecule has 0 unspecified atom stereocenters. The molecule has 20 heavy (non-hydrogen) atoms. The van der Waals surface area contributed by atoms with Crippen LogP contribution in [0, 0.1) is 0 Å². The maximum absolute atomic E-state index is 12.4. The molecule has 100 valence electrons. The van der Waals surface area contributed by atoms with Crippen LogP contribution in [0.25, 0.3) is 6.08 Å². The lowest BCUT2D eigenvalue weighted by Gasteiger charge is -2.13. The molecule has 1 aliphatic rings. The number of ether oxygens (including phenoxy) is 1. The summed E-state index contributed by atoms with van der Waals surface area (Å²) in [6.45, 7) is 0. The number of methoxy groups -OCH3 is 1. The lowest BCUT2D eigenvalue weighted by Crippen LogP contribution is -2.13. The minimum absolute atomic E-state index is 0.0684. The molecule has 0 saturated heterocycles. The number of fused-ring (bicyclic) bond motifs is 1. The van der Waals surface area contributed by atoms with Crippen LogP contribution < -0.4 is 9.64 Å². The summed E-state index contributed by atoms with van der Waals surface area (Å²) in [7, 11) is 3.55. The molecule has 3 heteroatoms. The number of carbonyl (C=O) groups is 1. The Morgan fingerprint density at radius 2 is 1.75 bits per heavy atom. The van der Waals surface area contributed by atoms with Crippen LogP contribution in [0.5, 0.6) is 5.75 Å². The van der Waals surface area contributed by atoms with E-state index in [1.165, 1.54) is 0 Å². The van der Waals surface area contributed by atoms with Gasteiger partial charge in [0.1, 0.15) is 5.75 Å². The number of hydrogen-bond donors (Lipinski definition) is 0. The highest BCUT2D eigenvalue weighted by Gasteiger charge is 2.28. The van der Waals surface area contributed by atoms with Crippen molar-refractivity contribution >= 4 is 17.5 Å². The van der Waals surface area contributed by atoms with Crippen molar-refractivity contribution in [2.24, 2.45) is 0 Å². The predicted octanol–water partition coefficient (Wildman–Crippen LogP) is 3.37. The minimum atomic E-state index is 0.0684. The number of carbonyl (C=O) groups excluding carboxylic acids is 1. The van der Waals surface area contributed by atoms with Gasteiger partial charge in [0, 0.05) is 12.6 Å². The second kappa shape index (κ2) is 4.85. The third-order valence-electron chi connectivity index (χ3n) is 3.52. The van der Waals surface area contributed by atoms with Gasteiger partial charge < -0.3 is 9.64 Å². The lowest BCUT2D eigenvalue weighted by atomic mass is 10.1. The normalized spacial score (nSPS) is 15.6. The maximum atomic E-state index is 12.4.